The van der Waals surface area contributed by atoms with Crippen LogP contribution in [0, 0.1) is 0 Å². The highest BCUT2D eigenvalue weighted by Gasteiger charge is 2.14. The Labute approximate surface area is 136 Å². The van der Waals surface area contributed by atoms with E-state index in [4.69, 9.17) is 9.47 Å². The fourth-order valence-corrected chi connectivity index (χ4v) is 2.34. The van der Waals surface area contributed by atoms with Crippen molar-refractivity contribution in [1.29, 1.82) is 0 Å². The van der Waals surface area contributed by atoms with Crippen LogP contribution in [0.2, 0.25) is 0 Å². The monoisotopic (exact) mass is 320 g/mol. The van der Waals surface area contributed by atoms with Crippen molar-refractivity contribution in [3.8, 4) is 5.75 Å². The van der Waals surface area contributed by atoms with E-state index in [0.29, 0.717) is 18.8 Å². The van der Waals surface area contributed by atoms with Crippen molar-refractivity contribution >= 4 is 17.5 Å². The van der Waals surface area contributed by atoms with Gasteiger partial charge in [-0.2, -0.15) is 0 Å². The molecule has 1 saturated heterocycles. The van der Waals surface area contributed by atoms with Gasteiger partial charge < -0.3 is 20.1 Å². The van der Waals surface area contributed by atoms with E-state index >= 15 is 0 Å². The number of ether oxygens (including phenoxy) is 2. The zero-order chi connectivity index (χ0) is 16.5. The number of hydrogen-bond donors (Lipinski definition) is 2. The fraction of sp³-hybridized carbons (Fsp3) is 0.529. The van der Waals surface area contributed by atoms with Gasteiger partial charge in [-0.1, -0.05) is 0 Å². The number of amides is 2. The van der Waals surface area contributed by atoms with Gasteiger partial charge in [0, 0.05) is 32.2 Å². The first-order valence-electron chi connectivity index (χ1n) is 8.02. The average molecular weight is 320 g/mol. The Hall–Kier alpha value is -2.08. The molecule has 2 amide bonds. The first-order valence-corrected chi connectivity index (χ1v) is 8.02. The lowest BCUT2D eigenvalue weighted by Crippen LogP contribution is -2.25. The molecule has 6 heteroatoms. The maximum atomic E-state index is 11.7. The van der Waals surface area contributed by atoms with Gasteiger partial charge >= 0.3 is 0 Å². The third kappa shape index (κ3) is 6.69. The second-order valence-corrected chi connectivity index (χ2v) is 5.61. The van der Waals surface area contributed by atoms with Gasteiger partial charge in [0.05, 0.1) is 6.10 Å². The summed E-state index contributed by atoms with van der Waals surface area (Å²) < 4.78 is 11.3. The molecule has 1 fully saturated rings. The van der Waals surface area contributed by atoms with E-state index in [9.17, 15) is 9.59 Å². The Balaban J connectivity index is 1.71. The minimum absolute atomic E-state index is 0.136. The molecular weight excluding hydrogens is 296 g/mol. The van der Waals surface area contributed by atoms with E-state index in [1.165, 1.54) is 13.3 Å². The van der Waals surface area contributed by atoms with Crippen LogP contribution in [0.4, 0.5) is 5.69 Å². The maximum absolute atomic E-state index is 11.7. The summed E-state index contributed by atoms with van der Waals surface area (Å²) in [4.78, 5) is 22.4. The van der Waals surface area contributed by atoms with Crippen LogP contribution in [0.25, 0.3) is 0 Å². The van der Waals surface area contributed by atoms with Gasteiger partial charge in [-0.15, -0.1) is 0 Å². The summed E-state index contributed by atoms with van der Waals surface area (Å²) in [6.45, 7) is 3.14. The van der Waals surface area contributed by atoms with Gasteiger partial charge in [0.15, 0.2) is 0 Å². The van der Waals surface area contributed by atoms with E-state index in [1.54, 1.807) is 12.1 Å². The average Bonchev–Trinajstić information content (AvgIpc) is 2.55. The molecule has 0 saturated carbocycles. The highest BCUT2D eigenvalue weighted by molar-refractivity contribution is 5.91. The molecule has 0 radical (unpaired) electrons. The Morgan fingerprint density at radius 3 is 2.70 bits per heavy atom. The molecule has 23 heavy (non-hydrogen) atoms. The van der Waals surface area contributed by atoms with Gasteiger partial charge in [-0.25, -0.2) is 0 Å². The molecule has 1 heterocycles. The van der Waals surface area contributed by atoms with Crippen LogP contribution in [-0.4, -0.2) is 37.7 Å². The third-order valence-electron chi connectivity index (χ3n) is 3.57. The first kappa shape index (κ1) is 17.3. The molecule has 0 spiro atoms. The van der Waals surface area contributed by atoms with E-state index < -0.39 is 0 Å². The van der Waals surface area contributed by atoms with Crippen LogP contribution < -0.4 is 15.4 Å². The minimum Gasteiger partial charge on any atom is -0.491 e. The zero-order valence-corrected chi connectivity index (χ0v) is 13.5. The summed E-state index contributed by atoms with van der Waals surface area (Å²) in [7, 11) is 0. The maximum Gasteiger partial charge on any atom is 0.226 e. The van der Waals surface area contributed by atoms with Crippen molar-refractivity contribution in [2.45, 2.75) is 38.7 Å². The van der Waals surface area contributed by atoms with Crippen molar-refractivity contribution in [2.75, 3.05) is 25.1 Å². The van der Waals surface area contributed by atoms with Crippen LogP contribution in [0.5, 0.6) is 5.75 Å². The molecule has 6 nitrogen and oxygen atoms in total. The second kappa shape index (κ2) is 9.15. The lowest BCUT2D eigenvalue weighted by Gasteiger charge is -2.22. The largest absolute Gasteiger partial charge is 0.491 e. The van der Waals surface area contributed by atoms with Gasteiger partial charge in [0.1, 0.15) is 12.4 Å². The standard InChI is InChI=1S/C17H24N2O4/c1-13(20)18-10-9-17(21)19-14-5-7-15(8-6-14)23-12-16-4-2-3-11-22-16/h5-8,16H,2-4,9-12H2,1H3,(H,18,20)(H,19,21). The molecular formula is C17H24N2O4. The van der Waals surface area contributed by atoms with E-state index in [1.807, 2.05) is 12.1 Å². The summed E-state index contributed by atoms with van der Waals surface area (Å²) in [5.74, 6) is 0.486. The van der Waals surface area contributed by atoms with Crippen molar-refractivity contribution in [3.05, 3.63) is 24.3 Å². The Bertz CT molecular complexity index is 510. The normalized spacial score (nSPS) is 17.3. The topological polar surface area (TPSA) is 76.7 Å². The fourth-order valence-electron chi connectivity index (χ4n) is 2.34. The predicted octanol–water partition coefficient (Wildman–Crippen LogP) is 2.10. The van der Waals surface area contributed by atoms with Gasteiger partial charge in [0.25, 0.3) is 0 Å². The van der Waals surface area contributed by atoms with Crippen molar-refractivity contribution in [1.82, 2.24) is 5.32 Å². The number of carbonyl (C=O) groups is 2. The lowest BCUT2D eigenvalue weighted by atomic mass is 10.1. The quantitative estimate of drug-likeness (QED) is 0.806. The predicted molar refractivity (Wildman–Crippen MR) is 87.5 cm³/mol. The molecule has 1 aromatic carbocycles. The molecule has 1 atom stereocenters. The third-order valence-corrected chi connectivity index (χ3v) is 3.57. The van der Waals surface area contributed by atoms with Crippen molar-refractivity contribution in [2.24, 2.45) is 0 Å². The van der Waals surface area contributed by atoms with Gasteiger partial charge in [0.2, 0.25) is 11.8 Å². The highest BCUT2D eigenvalue weighted by atomic mass is 16.5. The number of nitrogens with one attached hydrogen (secondary N) is 2. The van der Waals surface area contributed by atoms with Crippen LogP contribution in [0.1, 0.15) is 32.6 Å². The summed E-state index contributed by atoms with van der Waals surface area (Å²) >= 11 is 0. The van der Waals surface area contributed by atoms with Crippen molar-refractivity contribution < 1.29 is 19.1 Å². The molecule has 2 rings (SSSR count). The van der Waals surface area contributed by atoms with E-state index in [0.717, 1.165) is 25.2 Å². The molecule has 0 aliphatic carbocycles. The lowest BCUT2D eigenvalue weighted by molar-refractivity contribution is -0.119. The Morgan fingerprint density at radius 2 is 2.04 bits per heavy atom. The van der Waals surface area contributed by atoms with Crippen molar-refractivity contribution in [3.63, 3.8) is 0 Å². The molecule has 0 aromatic heterocycles. The molecule has 1 aliphatic heterocycles. The zero-order valence-electron chi connectivity index (χ0n) is 13.5. The molecule has 1 unspecified atom stereocenters. The number of anilines is 1. The molecule has 126 valence electrons. The van der Waals surface area contributed by atoms with Crippen LogP contribution in [-0.2, 0) is 14.3 Å². The number of hydrogen-bond acceptors (Lipinski definition) is 4. The van der Waals surface area contributed by atoms with Crippen LogP contribution >= 0.6 is 0 Å². The Kier molecular flexibility index (Phi) is 6.87. The highest BCUT2D eigenvalue weighted by Crippen LogP contribution is 2.18. The summed E-state index contributed by atoms with van der Waals surface area (Å²) in [6, 6.07) is 7.25. The summed E-state index contributed by atoms with van der Waals surface area (Å²) in [5.41, 5.74) is 0.707. The van der Waals surface area contributed by atoms with Gasteiger partial charge in [-0.3, -0.25) is 9.59 Å². The number of rotatable bonds is 7. The second-order valence-electron chi connectivity index (χ2n) is 5.61. The van der Waals surface area contributed by atoms with Crippen LogP contribution in [0.15, 0.2) is 24.3 Å². The molecule has 1 aliphatic rings. The minimum atomic E-state index is -0.138. The van der Waals surface area contributed by atoms with E-state index in [2.05, 4.69) is 10.6 Å². The SMILES string of the molecule is CC(=O)NCCC(=O)Nc1ccc(OCC2CCCCO2)cc1. The molecule has 1 aromatic rings. The van der Waals surface area contributed by atoms with Gasteiger partial charge in [-0.05, 0) is 43.5 Å². The molecule has 2 N–H and O–H groups in total. The number of benzene rings is 1. The number of carbonyl (C=O) groups excluding carboxylic acids is 2. The summed E-state index contributed by atoms with van der Waals surface area (Å²) in [5, 5.41) is 5.37. The Morgan fingerprint density at radius 1 is 1.26 bits per heavy atom. The summed E-state index contributed by atoms with van der Waals surface area (Å²) in [6.07, 6.45) is 3.79. The van der Waals surface area contributed by atoms with E-state index in [-0.39, 0.29) is 24.3 Å². The molecule has 0 bridgehead atoms. The smallest absolute Gasteiger partial charge is 0.226 e. The first-order chi connectivity index (χ1) is 11.1. The van der Waals surface area contributed by atoms with Crippen LogP contribution in [0.3, 0.4) is 0 Å².